The maximum absolute atomic E-state index is 13.1. The maximum Gasteiger partial charge on any atom is 0.349 e. The van der Waals surface area contributed by atoms with Crippen LogP contribution in [0, 0.1) is 17.2 Å². The number of H-pyrrole nitrogens is 1. The van der Waals surface area contributed by atoms with Crippen LogP contribution in [0.1, 0.15) is 31.9 Å². The summed E-state index contributed by atoms with van der Waals surface area (Å²) < 4.78 is 60.0. The van der Waals surface area contributed by atoms with Crippen molar-refractivity contribution in [3.8, 4) is 29.0 Å². The number of phenols is 1. The highest BCUT2D eigenvalue weighted by Gasteiger charge is 2.23. The SMILES string of the molecule is CCCC(C#N)CNS(=O)(=O)c1cc(Oc2c(Cl)cc(-n3nc(C(F)F)c(=O)[nH]c3=O)cc2Cl)ccc1O. The Hall–Kier alpha value is -3.51. The van der Waals surface area contributed by atoms with Gasteiger partial charge < -0.3 is 9.84 Å². The fourth-order valence-electron chi connectivity index (χ4n) is 3.24. The molecule has 3 aromatic rings. The zero-order chi connectivity index (χ0) is 28.2. The van der Waals surface area contributed by atoms with E-state index in [2.05, 4.69) is 9.82 Å². The molecule has 2 aromatic carbocycles. The van der Waals surface area contributed by atoms with Gasteiger partial charge in [-0.2, -0.15) is 15.0 Å². The van der Waals surface area contributed by atoms with Gasteiger partial charge in [-0.25, -0.2) is 26.7 Å². The van der Waals surface area contributed by atoms with Crippen molar-refractivity contribution >= 4 is 33.2 Å². The van der Waals surface area contributed by atoms with Gasteiger partial charge in [-0.1, -0.05) is 36.5 Å². The van der Waals surface area contributed by atoms with E-state index < -0.39 is 50.0 Å². The van der Waals surface area contributed by atoms with E-state index in [0.29, 0.717) is 17.5 Å². The largest absolute Gasteiger partial charge is 0.507 e. The number of rotatable bonds is 10. The third-order valence-electron chi connectivity index (χ3n) is 5.07. The molecule has 0 saturated heterocycles. The quantitative estimate of drug-likeness (QED) is 0.320. The number of nitrogens with one attached hydrogen (secondary N) is 2. The minimum absolute atomic E-state index is 0.107. The summed E-state index contributed by atoms with van der Waals surface area (Å²) in [6.07, 6.45) is -2.11. The lowest BCUT2D eigenvalue weighted by atomic mass is 10.1. The Morgan fingerprint density at radius 2 is 1.89 bits per heavy atom. The van der Waals surface area contributed by atoms with Gasteiger partial charge >= 0.3 is 5.69 Å². The van der Waals surface area contributed by atoms with Crippen molar-refractivity contribution in [1.82, 2.24) is 19.5 Å². The van der Waals surface area contributed by atoms with E-state index in [4.69, 9.17) is 33.2 Å². The first-order valence-corrected chi connectivity index (χ1v) is 13.0. The highest BCUT2D eigenvalue weighted by atomic mass is 35.5. The van der Waals surface area contributed by atoms with Crippen molar-refractivity contribution in [2.24, 2.45) is 5.92 Å². The molecule has 1 atom stereocenters. The average Bonchev–Trinajstić information content (AvgIpc) is 2.84. The molecule has 3 N–H and O–H groups in total. The second-order valence-corrected chi connectivity index (χ2v) is 10.3. The molecule has 0 spiro atoms. The molecule has 1 heterocycles. The second kappa shape index (κ2) is 11.9. The minimum atomic E-state index is -4.25. The fraction of sp³-hybridized carbons (Fsp3) is 0.273. The van der Waals surface area contributed by atoms with Crippen LogP contribution in [0.15, 0.2) is 44.8 Å². The lowest BCUT2D eigenvalue weighted by molar-refractivity contribution is 0.141. The number of hydrogen-bond donors (Lipinski definition) is 3. The number of aromatic amines is 1. The van der Waals surface area contributed by atoms with Crippen LogP contribution in [-0.2, 0) is 10.0 Å². The zero-order valence-corrected chi connectivity index (χ0v) is 21.7. The third kappa shape index (κ3) is 6.48. The predicted octanol–water partition coefficient (Wildman–Crippen LogP) is 3.88. The van der Waals surface area contributed by atoms with Gasteiger partial charge in [0.25, 0.3) is 12.0 Å². The fourth-order valence-corrected chi connectivity index (χ4v) is 4.98. The van der Waals surface area contributed by atoms with Crippen LogP contribution in [-0.4, -0.2) is 34.8 Å². The number of nitriles is 1. The Balaban J connectivity index is 1.94. The van der Waals surface area contributed by atoms with Crippen molar-refractivity contribution < 1.29 is 27.0 Å². The van der Waals surface area contributed by atoms with Crippen LogP contribution < -0.4 is 20.7 Å². The van der Waals surface area contributed by atoms with Crippen molar-refractivity contribution in [2.75, 3.05) is 6.54 Å². The van der Waals surface area contributed by atoms with Crippen LogP contribution in [0.3, 0.4) is 0 Å². The number of alkyl halides is 2. The van der Waals surface area contributed by atoms with Gasteiger partial charge in [0.2, 0.25) is 10.0 Å². The molecule has 0 bridgehead atoms. The Labute approximate surface area is 224 Å². The summed E-state index contributed by atoms with van der Waals surface area (Å²) in [5.74, 6) is -1.45. The van der Waals surface area contributed by atoms with Crippen molar-refractivity contribution in [3.63, 3.8) is 0 Å². The van der Waals surface area contributed by atoms with Crippen LogP contribution >= 0.6 is 23.2 Å². The molecule has 1 aromatic heterocycles. The Morgan fingerprint density at radius 3 is 2.47 bits per heavy atom. The summed E-state index contributed by atoms with van der Waals surface area (Å²) in [7, 11) is -4.25. The van der Waals surface area contributed by atoms with E-state index >= 15 is 0 Å². The molecule has 202 valence electrons. The van der Waals surface area contributed by atoms with Crippen molar-refractivity contribution in [1.29, 1.82) is 5.26 Å². The molecule has 0 aliphatic heterocycles. The molecular weight excluding hydrogens is 571 g/mol. The lowest BCUT2D eigenvalue weighted by Crippen LogP contribution is -2.34. The number of sulfonamides is 1. The molecule has 11 nitrogen and oxygen atoms in total. The Morgan fingerprint density at radius 1 is 1.24 bits per heavy atom. The maximum atomic E-state index is 13.1. The average molecular weight is 590 g/mol. The van der Waals surface area contributed by atoms with E-state index in [-0.39, 0.29) is 33.8 Å². The lowest BCUT2D eigenvalue weighted by Gasteiger charge is -2.15. The highest BCUT2D eigenvalue weighted by molar-refractivity contribution is 7.89. The van der Waals surface area contributed by atoms with Gasteiger partial charge in [-0.05, 0) is 30.7 Å². The minimum Gasteiger partial charge on any atom is -0.507 e. The molecule has 0 fully saturated rings. The van der Waals surface area contributed by atoms with Crippen LogP contribution in [0.5, 0.6) is 17.2 Å². The summed E-state index contributed by atoms with van der Waals surface area (Å²) in [6, 6.07) is 7.49. The van der Waals surface area contributed by atoms with E-state index in [9.17, 15) is 31.9 Å². The molecule has 0 radical (unpaired) electrons. The smallest absolute Gasteiger partial charge is 0.349 e. The van der Waals surface area contributed by atoms with Gasteiger partial charge in [0, 0.05) is 12.6 Å². The Kier molecular flexibility index (Phi) is 9.10. The molecular formula is C22H19Cl2F2N5O6S. The van der Waals surface area contributed by atoms with E-state index in [1.807, 2.05) is 13.0 Å². The molecule has 0 aliphatic carbocycles. The topological polar surface area (TPSA) is 167 Å². The summed E-state index contributed by atoms with van der Waals surface area (Å²) >= 11 is 12.5. The molecule has 0 aliphatic rings. The number of halogens is 4. The molecule has 0 amide bonds. The van der Waals surface area contributed by atoms with E-state index in [1.54, 1.807) is 4.98 Å². The number of nitrogens with zero attached hydrogens (tertiary/aromatic N) is 3. The number of ether oxygens (including phenoxy) is 1. The van der Waals surface area contributed by atoms with E-state index in [1.165, 1.54) is 6.07 Å². The zero-order valence-electron chi connectivity index (χ0n) is 19.4. The number of hydrogen-bond acceptors (Lipinski definition) is 8. The highest BCUT2D eigenvalue weighted by Crippen LogP contribution is 2.39. The number of aromatic hydroxyl groups is 1. The monoisotopic (exact) mass is 589 g/mol. The van der Waals surface area contributed by atoms with Gasteiger partial charge in [-0.15, -0.1) is 0 Å². The summed E-state index contributed by atoms with van der Waals surface area (Å²) in [4.78, 5) is 24.8. The first kappa shape index (κ1) is 29.1. The molecule has 16 heteroatoms. The van der Waals surface area contributed by atoms with Crippen LogP contribution in [0.2, 0.25) is 10.0 Å². The Bertz CT molecular complexity index is 1600. The van der Waals surface area contributed by atoms with Crippen LogP contribution in [0.25, 0.3) is 5.69 Å². The number of aromatic nitrogens is 3. The first-order valence-electron chi connectivity index (χ1n) is 10.8. The molecule has 38 heavy (non-hydrogen) atoms. The van der Waals surface area contributed by atoms with E-state index in [0.717, 1.165) is 24.3 Å². The molecule has 1 unspecified atom stereocenters. The van der Waals surface area contributed by atoms with Crippen molar-refractivity contribution in [3.05, 3.63) is 66.9 Å². The molecule has 0 saturated carbocycles. The van der Waals surface area contributed by atoms with Crippen molar-refractivity contribution in [2.45, 2.75) is 31.1 Å². The van der Waals surface area contributed by atoms with Gasteiger partial charge in [0.15, 0.2) is 11.4 Å². The second-order valence-electron chi connectivity index (χ2n) is 7.79. The number of benzene rings is 2. The summed E-state index contributed by atoms with van der Waals surface area (Å²) in [6.45, 7) is 1.69. The van der Waals surface area contributed by atoms with Gasteiger partial charge in [0.1, 0.15) is 16.4 Å². The van der Waals surface area contributed by atoms with Gasteiger partial charge in [0.05, 0.1) is 27.7 Å². The first-order chi connectivity index (χ1) is 17.9. The predicted molar refractivity (Wildman–Crippen MR) is 133 cm³/mol. The number of phenolic OH excluding ortho intramolecular Hbond substituents is 1. The molecule has 3 rings (SSSR count). The normalized spacial score (nSPS) is 12.3. The third-order valence-corrected chi connectivity index (χ3v) is 7.08. The summed E-state index contributed by atoms with van der Waals surface area (Å²) in [5.41, 5.74) is -3.84. The summed E-state index contributed by atoms with van der Waals surface area (Å²) in [5, 5.41) is 22.2. The standard InChI is InChI=1S/C22H19Cl2F2N5O6S/c1-2-3-11(9-27)10-28-38(35,36)17-8-13(4-5-16(17)32)37-19-14(23)6-12(7-15(19)24)31-22(34)29-21(33)18(30-31)20(25)26/h4-8,11,20,28,32H,2-3,10H2,1H3,(H,29,33,34). The van der Waals surface area contributed by atoms with Gasteiger partial charge in [-0.3, -0.25) is 9.78 Å². The van der Waals surface area contributed by atoms with Crippen LogP contribution in [0.4, 0.5) is 8.78 Å².